The predicted octanol–water partition coefficient (Wildman–Crippen LogP) is 5.14. The third-order valence-corrected chi connectivity index (χ3v) is 4.73. The molecule has 0 unspecified atom stereocenters. The van der Waals surface area contributed by atoms with E-state index in [-0.39, 0.29) is 5.69 Å². The quantitative estimate of drug-likeness (QED) is 0.459. The maximum Gasteiger partial charge on any atom is 0.339 e. The number of halogens is 1. The lowest BCUT2D eigenvalue weighted by Gasteiger charge is -2.11. The van der Waals surface area contributed by atoms with Gasteiger partial charge in [-0.3, -0.25) is 4.79 Å². The highest BCUT2D eigenvalue weighted by Gasteiger charge is 2.16. The van der Waals surface area contributed by atoms with E-state index in [1.807, 2.05) is 49.4 Å². The second-order valence-electron chi connectivity index (χ2n) is 7.07. The van der Waals surface area contributed by atoms with Crippen molar-refractivity contribution in [3.05, 3.63) is 95.8 Å². The van der Waals surface area contributed by atoms with E-state index in [9.17, 15) is 14.0 Å². The van der Waals surface area contributed by atoms with E-state index in [4.69, 9.17) is 4.74 Å². The summed E-state index contributed by atoms with van der Waals surface area (Å²) in [5.41, 5.74) is 3.88. The van der Waals surface area contributed by atoms with E-state index in [0.29, 0.717) is 22.2 Å². The molecule has 0 saturated carbocycles. The van der Waals surface area contributed by atoms with Gasteiger partial charge in [-0.15, -0.1) is 0 Å². The summed E-state index contributed by atoms with van der Waals surface area (Å²) in [6.45, 7) is 1.50. The van der Waals surface area contributed by atoms with Crippen molar-refractivity contribution in [1.29, 1.82) is 0 Å². The van der Waals surface area contributed by atoms with Crippen LogP contribution in [0.25, 0.3) is 22.2 Å². The van der Waals surface area contributed by atoms with Gasteiger partial charge < -0.3 is 10.1 Å². The monoisotopic (exact) mass is 414 g/mol. The molecule has 154 valence electrons. The second kappa shape index (κ2) is 8.75. The highest BCUT2D eigenvalue weighted by Crippen LogP contribution is 2.25. The summed E-state index contributed by atoms with van der Waals surface area (Å²) in [4.78, 5) is 29.6. The first-order valence-corrected chi connectivity index (χ1v) is 9.69. The molecule has 1 heterocycles. The van der Waals surface area contributed by atoms with Crippen LogP contribution >= 0.6 is 0 Å². The number of para-hydroxylation sites is 1. The van der Waals surface area contributed by atoms with Gasteiger partial charge in [0.1, 0.15) is 5.82 Å². The number of carbonyl (C=O) groups excluding carboxylic acids is 2. The Kier molecular flexibility index (Phi) is 5.71. The van der Waals surface area contributed by atoms with Crippen LogP contribution in [0.15, 0.2) is 78.9 Å². The van der Waals surface area contributed by atoms with E-state index in [0.717, 1.165) is 11.1 Å². The van der Waals surface area contributed by atoms with Crippen molar-refractivity contribution in [2.24, 2.45) is 0 Å². The lowest BCUT2D eigenvalue weighted by Crippen LogP contribution is -2.21. The third kappa shape index (κ3) is 4.75. The number of amides is 1. The Morgan fingerprint density at radius 3 is 2.52 bits per heavy atom. The second-order valence-corrected chi connectivity index (χ2v) is 7.07. The molecule has 0 bridgehead atoms. The van der Waals surface area contributed by atoms with Crippen molar-refractivity contribution < 1.29 is 18.7 Å². The minimum Gasteiger partial charge on any atom is -0.452 e. The molecule has 0 aliphatic rings. The fourth-order valence-corrected chi connectivity index (χ4v) is 3.19. The smallest absolute Gasteiger partial charge is 0.339 e. The number of ether oxygens (including phenoxy) is 1. The van der Waals surface area contributed by atoms with Gasteiger partial charge in [0.25, 0.3) is 5.91 Å². The van der Waals surface area contributed by atoms with Crippen molar-refractivity contribution in [3.8, 4) is 11.3 Å². The van der Waals surface area contributed by atoms with Crippen molar-refractivity contribution in [2.75, 3.05) is 11.9 Å². The van der Waals surface area contributed by atoms with E-state index in [2.05, 4.69) is 10.3 Å². The van der Waals surface area contributed by atoms with Crippen LogP contribution < -0.4 is 5.32 Å². The van der Waals surface area contributed by atoms with Crippen molar-refractivity contribution in [3.63, 3.8) is 0 Å². The molecule has 0 fully saturated rings. The Bertz CT molecular complexity index is 1270. The molecule has 0 aliphatic carbocycles. The molecule has 4 rings (SSSR count). The van der Waals surface area contributed by atoms with E-state index >= 15 is 0 Å². The number of aromatic nitrogens is 1. The van der Waals surface area contributed by atoms with Gasteiger partial charge >= 0.3 is 5.97 Å². The zero-order valence-electron chi connectivity index (χ0n) is 16.8. The molecule has 6 heteroatoms. The number of esters is 1. The van der Waals surface area contributed by atoms with Gasteiger partial charge in [-0.2, -0.15) is 0 Å². The van der Waals surface area contributed by atoms with Gasteiger partial charge in [0, 0.05) is 16.6 Å². The average Bonchev–Trinajstić information content (AvgIpc) is 2.77. The number of nitrogens with one attached hydrogen (secondary N) is 1. The van der Waals surface area contributed by atoms with Crippen molar-refractivity contribution >= 4 is 28.5 Å². The Balaban J connectivity index is 1.56. The van der Waals surface area contributed by atoms with Crippen LogP contribution in [0.2, 0.25) is 0 Å². The number of nitrogens with zero attached hydrogens (tertiary/aromatic N) is 1. The number of anilines is 1. The summed E-state index contributed by atoms with van der Waals surface area (Å²) in [5.74, 6) is -1.67. The first-order chi connectivity index (χ1) is 15.0. The molecule has 1 N–H and O–H groups in total. The summed E-state index contributed by atoms with van der Waals surface area (Å²) < 4.78 is 18.5. The lowest BCUT2D eigenvalue weighted by atomic mass is 10.0. The molecule has 4 aromatic rings. The molecule has 0 spiro atoms. The maximum atomic E-state index is 13.3. The van der Waals surface area contributed by atoms with Crippen LogP contribution in [0.5, 0.6) is 0 Å². The summed E-state index contributed by atoms with van der Waals surface area (Å²) in [5, 5.41) is 3.13. The van der Waals surface area contributed by atoms with E-state index < -0.39 is 24.3 Å². The van der Waals surface area contributed by atoms with Crippen molar-refractivity contribution in [2.45, 2.75) is 6.92 Å². The summed E-state index contributed by atoms with van der Waals surface area (Å²) in [6.07, 6.45) is 0. The molecular weight excluding hydrogens is 395 g/mol. The van der Waals surface area contributed by atoms with Gasteiger partial charge in [-0.1, -0.05) is 54.1 Å². The first kappa shape index (κ1) is 20.2. The SMILES string of the molecule is Cc1ccc(-c2cc(C(=O)OCC(=O)Nc3cccc(F)c3)c3ccccc3n2)cc1. The average molecular weight is 414 g/mol. The fraction of sp³-hybridized carbons (Fsp3) is 0.0800. The molecule has 0 aliphatic heterocycles. The number of fused-ring (bicyclic) bond motifs is 1. The predicted molar refractivity (Wildman–Crippen MR) is 117 cm³/mol. The normalized spacial score (nSPS) is 10.6. The molecule has 0 atom stereocenters. The number of hydrogen-bond acceptors (Lipinski definition) is 4. The summed E-state index contributed by atoms with van der Waals surface area (Å²) in [6, 6.07) is 22.2. The van der Waals surface area contributed by atoms with Crippen LogP contribution in [0.1, 0.15) is 15.9 Å². The van der Waals surface area contributed by atoms with Crippen LogP contribution in [-0.2, 0) is 9.53 Å². The molecule has 0 saturated heterocycles. The Hall–Kier alpha value is -4.06. The van der Waals surface area contributed by atoms with Crippen LogP contribution in [0.3, 0.4) is 0 Å². The van der Waals surface area contributed by atoms with Crippen LogP contribution in [0.4, 0.5) is 10.1 Å². The summed E-state index contributed by atoms with van der Waals surface area (Å²) >= 11 is 0. The standard InChI is InChI=1S/C25H19FN2O3/c1-16-9-11-17(12-10-16)23-14-21(20-7-2-3-8-22(20)28-23)25(30)31-15-24(29)27-19-6-4-5-18(26)13-19/h2-14H,15H2,1H3,(H,27,29). The highest BCUT2D eigenvalue weighted by molar-refractivity contribution is 6.05. The molecule has 31 heavy (non-hydrogen) atoms. The molecule has 3 aromatic carbocycles. The van der Waals surface area contributed by atoms with E-state index in [1.165, 1.54) is 18.2 Å². The number of hydrogen-bond donors (Lipinski definition) is 1. The van der Waals surface area contributed by atoms with Gasteiger partial charge in [0.15, 0.2) is 6.61 Å². The molecule has 1 aromatic heterocycles. The number of aryl methyl sites for hydroxylation is 1. The first-order valence-electron chi connectivity index (χ1n) is 9.69. The van der Waals surface area contributed by atoms with Gasteiger partial charge in [0.2, 0.25) is 0 Å². The van der Waals surface area contributed by atoms with Gasteiger partial charge in [0.05, 0.1) is 16.8 Å². The number of rotatable bonds is 5. The topological polar surface area (TPSA) is 68.3 Å². The Morgan fingerprint density at radius 1 is 0.968 bits per heavy atom. The molecule has 0 radical (unpaired) electrons. The highest BCUT2D eigenvalue weighted by atomic mass is 19.1. The fourth-order valence-electron chi connectivity index (χ4n) is 3.19. The minimum atomic E-state index is -0.638. The zero-order chi connectivity index (χ0) is 21.8. The van der Waals surface area contributed by atoms with Crippen LogP contribution in [-0.4, -0.2) is 23.5 Å². The van der Waals surface area contributed by atoms with Crippen LogP contribution in [0, 0.1) is 12.7 Å². The lowest BCUT2D eigenvalue weighted by molar-refractivity contribution is -0.119. The Labute approximate surface area is 178 Å². The van der Waals surface area contributed by atoms with Crippen molar-refractivity contribution in [1.82, 2.24) is 4.98 Å². The van der Waals surface area contributed by atoms with Gasteiger partial charge in [-0.05, 0) is 37.3 Å². The minimum absolute atomic E-state index is 0.289. The number of pyridine rings is 1. The largest absolute Gasteiger partial charge is 0.452 e. The van der Waals surface area contributed by atoms with Gasteiger partial charge in [-0.25, -0.2) is 14.2 Å². The molecular formula is C25H19FN2O3. The third-order valence-electron chi connectivity index (χ3n) is 4.73. The summed E-state index contributed by atoms with van der Waals surface area (Å²) in [7, 11) is 0. The Morgan fingerprint density at radius 2 is 1.74 bits per heavy atom. The molecule has 1 amide bonds. The maximum absolute atomic E-state index is 13.3. The number of benzene rings is 3. The zero-order valence-corrected chi connectivity index (χ0v) is 16.8. The number of carbonyl (C=O) groups is 2. The molecule has 5 nitrogen and oxygen atoms in total. The van der Waals surface area contributed by atoms with E-state index in [1.54, 1.807) is 18.2 Å².